The summed E-state index contributed by atoms with van der Waals surface area (Å²) in [5.41, 5.74) is 1.14. The van der Waals surface area contributed by atoms with Gasteiger partial charge >= 0.3 is 5.97 Å². The molecule has 6 heteroatoms. The molecule has 0 bridgehead atoms. The summed E-state index contributed by atoms with van der Waals surface area (Å²) in [6.45, 7) is 0. The van der Waals surface area contributed by atoms with E-state index in [1.165, 1.54) is 0 Å². The fraction of sp³-hybridized carbons (Fsp3) is 0.357. The van der Waals surface area contributed by atoms with Crippen LogP contribution >= 0.6 is 22.6 Å². The van der Waals surface area contributed by atoms with Crippen LogP contribution in [-0.2, 0) is 25.6 Å². The summed E-state index contributed by atoms with van der Waals surface area (Å²) in [5.74, 6) is -1.43. The van der Waals surface area contributed by atoms with Crippen molar-refractivity contribution in [1.82, 2.24) is 5.06 Å². The molecule has 1 aromatic carbocycles. The van der Waals surface area contributed by atoms with Gasteiger partial charge in [0.15, 0.2) is 0 Å². The van der Waals surface area contributed by atoms with E-state index < -0.39 is 17.8 Å². The average molecular weight is 384 g/mol. The largest absolute Gasteiger partial charge is 0.333 e. The molecular weight excluding hydrogens is 370 g/mol. The van der Waals surface area contributed by atoms with Crippen molar-refractivity contribution >= 4 is 40.4 Å². The zero-order chi connectivity index (χ0) is 14.5. The molecule has 0 saturated carbocycles. The number of hydrogen-bond acceptors (Lipinski definition) is 4. The molecule has 1 fully saturated rings. The summed E-state index contributed by atoms with van der Waals surface area (Å²) >= 11 is 2.23. The molecule has 1 aliphatic rings. The third kappa shape index (κ3) is 4.03. The third-order valence-electron chi connectivity index (χ3n) is 2.96. The second-order valence-corrected chi connectivity index (χ2v) is 5.77. The maximum Gasteiger partial charge on any atom is 0.333 e. The fourth-order valence-corrected chi connectivity index (χ4v) is 2.25. The molecule has 1 aliphatic heterocycles. The lowest BCUT2D eigenvalue weighted by Crippen LogP contribution is -2.31. The van der Waals surface area contributed by atoms with Crippen LogP contribution in [0.4, 0.5) is 0 Å². The Bertz CT molecular complexity index is 510. The van der Waals surface area contributed by atoms with Gasteiger partial charge < -0.3 is 4.84 Å². The van der Waals surface area contributed by atoms with Gasteiger partial charge in [0.05, 0.1) is 0 Å². The molecule has 106 valence electrons. The highest BCUT2D eigenvalue weighted by Crippen LogP contribution is 2.14. The van der Waals surface area contributed by atoms with E-state index in [-0.39, 0.29) is 19.3 Å². The fourth-order valence-electron chi connectivity index (χ4n) is 1.89. The van der Waals surface area contributed by atoms with Crippen molar-refractivity contribution < 1.29 is 19.2 Å². The van der Waals surface area contributed by atoms with E-state index in [9.17, 15) is 14.4 Å². The number of halogens is 1. The van der Waals surface area contributed by atoms with Crippen molar-refractivity contribution in [3.63, 3.8) is 0 Å². The van der Waals surface area contributed by atoms with Crippen molar-refractivity contribution in [3.8, 4) is 0 Å². The Balaban J connectivity index is 1.74. The number of carbonyl (C=O) groups is 3. The van der Waals surface area contributed by atoms with E-state index in [0.29, 0.717) is 11.5 Å². The molecule has 2 rings (SSSR count). The van der Waals surface area contributed by atoms with E-state index in [2.05, 4.69) is 22.6 Å². The highest BCUT2D eigenvalue weighted by Gasteiger charge is 2.32. The van der Waals surface area contributed by atoms with E-state index in [1.807, 2.05) is 24.3 Å². The number of amides is 2. The van der Waals surface area contributed by atoms with Gasteiger partial charge in [0.25, 0.3) is 11.8 Å². The lowest BCUT2D eigenvalue weighted by atomic mass is 10.1. The quantitative estimate of drug-likeness (QED) is 0.577. The van der Waals surface area contributed by atoms with Crippen LogP contribution in [0.5, 0.6) is 0 Å². The zero-order valence-corrected chi connectivity index (χ0v) is 13.0. The van der Waals surface area contributed by atoms with Crippen LogP contribution in [0.3, 0.4) is 0 Å². The molecule has 5 nitrogen and oxygen atoms in total. The number of imide groups is 1. The van der Waals surface area contributed by atoms with Crippen LogP contribution in [0.15, 0.2) is 24.3 Å². The first-order valence-corrected chi connectivity index (χ1v) is 7.45. The topological polar surface area (TPSA) is 63.7 Å². The van der Waals surface area contributed by atoms with Crippen molar-refractivity contribution in [1.29, 1.82) is 0 Å². The van der Waals surface area contributed by atoms with Gasteiger partial charge in [-0.1, -0.05) is 12.1 Å². The smallest absolute Gasteiger partial charge is 0.330 e. The minimum Gasteiger partial charge on any atom is -0.330 e. The van der Waals surface area contributed by atoms with Gasteiger partial charge in [0, 0.05) is 22.8 Å². The van der Waals surface area contributed by atoms with Gasteiger partial charge in [-0.15, -0.1) is 5.06 Å². The summed E-state index contributed by atoms with van der Waals surface area (Å²) in [4.78, 5) is 38.9. The summed E-state index contributed by atoms with van der Waals surface area (Å²) < 4.78 is 1.16. The molecule has 0 aromatic heterocycles. The van der Waals surface area contributed by atoms with Crippen LogP contribution in [0.2, 0.25) is 0 Å². The van der Waals surface area contributed by atoms with Crippen LogP contribution in [0, 0.1) is 3.57 Å². The molecule has 0 radical (unpaired) electrons. The Labute approximate surface area is 130 Å². The van der Waals surface area contributed by atoms with E-state index >= 15 is 0 Å². The molecule has 1 heterocycles. The number of rotatable bonds is 5. The van der Waals surface area contributed by atoms with Gasteiger partial charge in [0.2, 0.25) is 0 Å². The molecule has 0 N–H and O–H groups in total. The number of hydrogen-bond donors (Lipinski definition) is 0. The van der Waals surface area contributed by atoms with E-state index in [4.69, 9.17) is 4.84 Å². The molecule has 1 saturated heterocycles. The minimum absolute atomic E-state index is 0.120. The van der Waals surface area contributed by atoms with Crippen molar-refractivity contribution in [2.45, 2.75) is 32.1 Å². The zero-order valence-electron chi connectivity index (χ0n) is 10.8. The number of aryl methyl sites for hydroxylation is 1. The second-order valence-electron chi connectivity index (χ2n) is 4.53. The summed E-state index contributed by atoms with van der Waals surface area (Å²) in [6.07, 6.45) is 1.80. The number of carbonyl (C=O) groups excluding carboxylic acids is 3. The second kappa shape index (κ2) is 6.83. The Morgan fingerprint density at radius 2 is 1.75 bits per heavy atom. The SMILES string of the molecule is O=C(CCCc1ccc([124I])cc1)ON1C(=O)CCC1=O. The molecule has 0 unspecified atom stereocenters. The van der Waals surface area contributed by atoms with Crippen molar-refractivity contribution in [2.24, 2.45) is 0 Å². The molecule has 1 aromatic rings. The first kappa shape index (κ1) is 15.0. The van der Waals surface area contributed by atoms with Crippen LogP contribution in [-0.4, -0.2) is 22.8 Å². The highest BCUT2D eigenvalue weighted by molar-refractivity contribution is 14.1. The molecule has 2 amide bonds. The van der Waals surface area contributed by atoms with Crippen LogP contribution in [0.25, 0.3) is 0 Å². The Morgan fingerprint density at radius 1 is 1.15 bits per heavy atom. The summed E-state index contributed by atoms with van der Waals surface area (Å²) in [6, 6.07) is 8.05. The Kier molecular flexibility index (Phi) is 5.11. The Morgan fingerprint density at radius 3 is 2.35 bits per heavy atom. The molecule has 0 atom stereocenters. The van der Waals surface area contributed by atoms with Gasteiger partial charge in [-0.05, 0) is 53.1 Å². The average Bonchev–Trinajstić information content (AvgIpc) is 2.73. The predicted molar refractivity (Wildman–Crippen MR) is 79.3 cm³/mol. The Hall–Kier alpha value is -1.44. The number of nitrogens with zero attached hydrogens (tertiary/aromatic N) is 1. The first-order chi connectivity index (χ1) is 9.56. The van der Waals surface area contributed by atoms with Crippen molar-refractivity contribution in [2.75, 3.05) is 0 Å². The summed E-state index contributed by atoms with van der Waals surface area (Å²) in [5, 5.41) is 0.590. The van der Waals surface area contributed by atoms with Gasteiger partial charge in [-0.25, -0.2) is 4.79 Å². The lowest BCUT2D eigenvalue weighted by molar-refractivity contribution is -0.197. The predicted octanol–water partition coefficient (Wildman–Crippen LogP) is 2.22. The first-order valence-electron chi connectivity index (χ1n) is 6.37. The van der Waals surface area contributed by atoms with E-state index in [0.717, 1.165) is 15.6 Å². The van der Waals surface area contributed by atoms with Gasteiger partial charge in [0.1, 0.15) is 0 Å². The molecule has 20 heavy (non-hydrogen) atoms. The normalized spacial score (nSPS) is 14.8. The van der Waals surface area contributed by atoms with Gasteiger partial charge in [-0.2, -0.15) is 0 Å². The maximum absolute atomic E-state index is 11.6. The third-order valence-corrected chi connectivity index (χ3v) is 3.68. The highest BCUT2D eigenvalue weighted by atomic mass is 124. The van der Waals surface area contributed by atoms with E-state index in [1.54, 1.807) is 0 Å². The maximum atomic E-state index is 11.6. The minimum atomic E-state index is -0.542. The van der Waals surface area contributed by atoms with Gasteiger partial charge in [-0.3, -0.25) is 9.59 Å². The molecular formula is C14H14INO4. The lowest BCUT2D eigenvalue weighted by Gasteiger charge is -2.12. The number of benzene rings is 1. The summed E-state index contributed by atoms with van der Waals surface area (Å²) in [7, 11) is 0. The monoisotopic (exact) mass is 384 g/mol. The molecule has 0 aliphatic carbocycles. The standard InChI is InChI=1S/C14H14INO4/c15-11-6-4-10(5-7-11)2-1-3-14(19)20-16-12(17)8-9-13(16)18/h4-7H,1-3,8-9H2/i15-3. The van der Waals surface area contributed by atoms with Crippen LogP contribution in [0.1, 0.15) is 31.2 Å². The number of hydroxylamine groups is 2. The molecule has 0 spiro atoms. The van der Waals surface area contributed by atoms with Crippen molar-refractivity contribution in [3.05, 3.63) is 33.4 Å². The van der Waals surface area contributed by atoms with Crippen LogP contribution < -0.4 is 0 Å².